The largest absolute Gasteiger partial charge is 0.493 e. The summed E-state index contributed by atoms with van der Waals surface area (Å²) in [6.07, 6.45) is 2.73. The summed E-state index contributed by atoms with van der Waals surface area (Å²) in [4.78, 5) is 30.3. The van der Waals surface area contributed by atoms with Crippen LogP contribution in [0.25, 0.3) is 11.1 Å². The van der Waals surface area contributed by atoms with E-state index < -0.39 is 5.97 Å². The molecule has 1 aromatic heterocycles. The minimum Gasteiger partial charge on any atom is -0.493 e. The van der Waals surface area contributed by atoms with Gasteiger partial charge in [0.15, 0.2) is 18.1 Å². The number of nitrogens with zero attached hydrogens (tertiary/aromatic N) is 2. The molecule has 1 saturated heterocycles. The Morgan fingerprint density at radius 2 is 2.00 bits per heavy atom. The summed E-state index contributed by atoms with van der Waals surface area (Å²) >= 11 is 0. The monoisotopic (exact) mass is 372 g/mol. The van der Waals surface area contributed by atoms with Gasteiger partial charge in [0.2, 0.25) is 5.76 Å². The first kappa shape index (κ1) is 17.4. The van der Waals surface area contributed by atoms with Crippen molar-refractivity contribution < 1.29 is 28.2 Å². The van der Waals surface area contributed by atoms with Crippen LogP contribution in [0.1, 0.15) is 24.7 Å². The number of para-hydroxylation sites is 2. The zero-order valence-corrected chi connectivity index (χ0v) is 14.8. The Kier molecular flexibility index (Phi) is 4.95. The van der Waals surface area contributed by atoms with Gasteiger partial charge in [-0.2, -0.15) is 0 Å². The van der Waals surface area contributed by atoms with E-state index in [1.54, 1.807) is 4.90 Å². The normalized spacial score (nSPS) is 17.8. The quantitative estimate of drug-likeness (QED) is 0.758. The number of fused-ring (bicyclic) bond motifs is 1. The van der Waals surface area contributed by atoms with Crippen molar-refractivity contribution in [3.63, 3.8) is 0 Å². The molecule has 27 heavy (non-hydrogen) atoms. The number of hydrogen-bond donors (Lipinski definition) is 0. The van der Waals surface area contributed by atoms with E-state index in [4.69, 9.17) is 18.6 Å². The van der Waals surface area contributed by atoms with Crippen LogP contribution in [-0.2, 0) is 23.8 Å². The molecule has 142 valence electrons. The summed E-state index contributed by atoms with van der Waals surface area (Å²) in [5, 5.41) is 0. The van der Waals surface area contributed by atoms with Crippen molar-refractivity contribution in [2.75, 3.05) is 32.9 Å². The van der Waals surface area contributed by atoms with E-state index in [-0.39, 0.29) is 30.8 Å². The molecule has 8 nitrogen and oxygen atoms in total. The van der Waals surface area contributed by atoms with Crippen molar-refractivity contribution in [1.82, 2.24) is 9.88 Å². The van der Waals surface area contributed by atoms with Gasteiger partial charge in [-0.25, -0.2) is 9.78 Å². The third kappa shape index (κ3) is 3.89. The highest BCUT2D eigenvalue weighted by atomic mass is 16.6. The molecule has 0 atom stereocenters. The highest BCUT2D eigenvalue weighted by Gasteiger charge is 2.28. The molecule has 0 radical (unpaired) electrons. The van der Waals surface area contributed by atoms with Crippen molar-refractivity contribution >= 4 is 23.0 Å². The molecule has 1 aromatic carbocycles. The van der Waals surface area contributed by atoms with Crippen LogP contribution < -0.4 is 0 Å². The fourth-order valence-electron chi connectivity index (χ4n) is 3.21. The van der Waals surface area contributed by atoms with Crippen LogP contribution in [0.15, 0.2) is 40.7 Å². The molecular weight excluding hydrogens is 352 g/mol. The molecule has 0 saturated carbocycles. The lowest BCUT2D eigenvalue weighted by molar-refractivity contribution is -0.153. The van der Waals surface area contributed by atoms with Gasteiger partial charge in [0.1, 0.15) is 25.0 Å². The molecule has 1 fully saturated rings. The molecule has 4 rings (SSSR count). The smallest absolute Gasteiger partial charge is 0.377 e. The van der Waals surface area contributed by atoms with Crippen LogP contribution >= 0.6 is 0 Å². The van der Waals surface area contributed by atoms with Gasteiger partial charge in [-0.15, -0.1) is 0 Å². The van der Waals surface area contributed by atoms with E-state index in [0.29, 0.717) is 19.7 Å². The van der Waals surface area contributed by atoms with Crippen molar-refractivity contribution in [1.29, 1.82) is 0 Å². The number of carbonyl (C=O) groups excluding carboxylic acids is 2. The van der Waals surface area contributed by atoms with E-state index in [2.05, 4.69) is 4.98 Å². The molecule has 3 heterocycles. The number of amides is 1. The summed E-state index contributed by atoms with van der Waals surface area (Å²) in [5.41, 5.74) is 1.63. The molecule has 2 aliphatic heterocycles. The standard InChI is InChI=1S/C19H20N2O6/c22-17(12-26-19(23)16-11-24-9-10-25-16)21-7-5-13(6-8-21)18-20-14-3-1-2-4-15(14)27-18/h1-4,11,13H,5-10,12H2. The molecule has 0 spiro atoms. The Bertz CT molecular complexity index is 833. The summed E-state index contributed by atoms with van der Waals surface area (Å²) in [7, 11) is 0. The third-order valence-electron chi connectivity index (χ3n) is 4.68. The van der Waals surface area contributed by atoms with Crippen LogP contribution in [0, 0.1) is 0 Å². The van der Waals surface area contributed by atoms with E-state index >= 15 is 0 Å². The van der Waals surface area contributed by atoms with Gasteiger partial charge in [-0.1, -0.05) is 12.1 Å². The minimum absolute atomic E-state index is 0.0104. The van der Waals surface area contributed by atoms with Gasteiger partial charge >= 0.3 is 5.97 Å². The van der Waals surface area contributed by atoms with Crippen molar-refractivity contribution in [3.8, 4) is 0 Å². The van der Waals surface area contributed by atoms with Gasteiger partial charge in [0, 0.05) is 19.0 Å². The van der Waals surface area contributed by atoms with Gasteiger partial charge in [0.05, 0.1) is 0 Å². The summed E-state index contributed by atoms with van der Waals surface area (Å²) in [6.45, 7) is 1.51. The number of hydrogen-bond acceptors (Lipinski definition) is 7. The van der Waals surface area contributed by atoms with Crippen LogP contribution in [0.3, 0.4) is 0 Å². The SMILES string of the molecule is O=C(OCC(=O)N1CCC(c2nc3ccccc3o2)CC1)C1=COCCO1. The van der Waals surface area contributed by atoms with Crippen molar-refractivity contribution in [2.24, 2.45) is 0 Å². The van der Waals surface area contributed by atoms with E-state index in [9.17, 15) is 9.59 Å². The average molecular weight is 372 g/mol. The van der Waals surface area contributed by atoms with Gasteiger partial charge in [-0.05, 0) is 25.0 Å². The predicted molar refractivity (Wildman–Crippen MR) is 93.5 cm³/mol. The molecule has 2 aromatic rings. The summed E-state index contributed by atoms with van der Waals surface area (Å²) in [5.74, 6) is -0.0251. The second-order valence-electron chi connectivity index (χ2n) is 6.45. The summed E-state index contributed by atoms with van der Waals surface area (Å²) in [6, 6.07) is 7.67. The highest BCUT2D eigenvalue weighted by molar-refractivity contribution is 5.88. The number of ether oxygens (including phenoxy) is 3. The Hall–Kier alpha value is -3.03. The lowest BCUT2D eigenvalue weighted by atomic mass is 9.97. The number of rotatable bonds is 4. The molecule has 8 heteroatoms. The number of carbonyl (C=O) groups is 2. The fraction of sp³-hybridized carbons (Fsp3) is 0.421. The first-order valence-electron chi connectivity index (χ1n) is 8.95. The maximum atomic E-state index is 12.3. The Morgan fingerprint density at radius 3 is 2.74 bits per heavy atom. The lowest BCUT2D eigenvalue weighted by Gasteiger charge is -2.30. The fourth-order valence-corrected chi connectivity index (χ4v) is 3.21. The minimum atomic E-state index is -0.690. The maximum absolute atomic E-state index is 12.3. The van der Waals surface area contributed by atoms with Crippen LogP contribution in [0.5, 0.6) is 0 Å². The average Bonchev–Trinajstić information content (AvgIpc) is 3.17. The lowest BCUT2D eigenvalue weighted by Crippen LogP contribution is -2.40. The molecule has 0 aliphatic carbocycles. The number of aromatic nitrogens is 1. The van der Waals surface area contributed by atoms with Crippen molar-refractivity contribution in [2.45, 2.75) is 18.8 Å². The molecule has 1 amide bonds. The number of benzene rings is 1. The van der Waals surface area contributed by atoms with Gasteiger partial charge in [-0.3, -0.25) is 4.79 Å². The first-order valence-corrected chi connectivity index (χ1v) is 8.95. The highest BCUT2D eigenvalue weighted by Crippen LogP contribution is 2.29. The Labute approximate surface area is 155 Å². The number of likely N-dealkylation sites (tertiary alicyclic amines) is 1. The second kappa shape index (κ2) is 7.69. The van der Waals surface area contributed by atoms with Crippen LogP contribution in [0.4, 0.5) is 0 Å². The van der Waals surface area contributed by atoms with Crippen LogP contribution in [-0.4, -0.2) is 54.7 Å². The molecule has 2 aliphatic rings. The Balaban J connectivity index is 1.27. The van der Waals surface area contributed by atoms with E-state index in [1.807, 2.05) is 24.3 Å². The maximum Gasteiger partial charge on any atom is 0.377 e. The molecule has 0 N–H and O–H groups in total. The zero-order chi connectivity index (χ0) is 18.6. The van der Waals surface area contributed by atoms with Gasteiger partial charge in [0.25, 0.3) is 5.91 Å². The second-order valence-corrected chi connectivity index (χ2v) is 6.45. The third-order valence-corrected chi connectivity index (χ3v) is 4.68. The topological polar surface area (TPSA) is 91.1 Å². The van der Waals surface area contributed by atoms with Gasteiger partial charge < -0.3 is 23.5 Å². The number of esters is 1. The summed E-state index contributed by atoms with van der Waals surface area (Å²) < 4.78 is 21.0. The molecule has 0 bridgehead atoms. The molecule has 0 unspecified atom stereocenters. The number of piperidine rings is 1. The van der Waals surface area contributed by atoms with Crippen molar-refractivity contribution in [3.05, 3.63) is 42.2 Å². The van der Waals surface area contributed by atoms with E-state index in [0.717, 1.165) is 29.8 Å². The number of oxazole rings is 1. The molecular formula is C19H20N2O6. The zero-order valence-electron chi connectivity index (χ0n) is 14.8. The first-order chi connectivity index (χ1) is 13.2. The van der Waals surface area contributed by atoms with Crippen LogP contribution in [0.2, 0.25) is 0 Å². The van der Waals surface area contributed by atoms with E-state index in [1.165, 1.54) is 6.26 Å². The Morgan fingerprint density at radius 1 is 1.19 bits per heavy atom. The predicted octanol–water partition coefficient (Wildman–Crippen LogP) is 1.97.